The fourth-order valence-electron chi connectivity index (χ4n) is 10.5. The van der Waals surface area contributed by atoms with Crippen LogP contribution in [0.3, 0.4) is 0 Å². The zero-order chi connectivity index (χ0) is 44.7. The summed E-state index contributed by atoms with van der Waals surface area (Å²) in [5, 5.41) is 11.9. The van der Waals surface area contributed by atoms with Crippen LogP contribution in [0.5, 0.6) is 0 Å². The monoisotopic (exact) mass is 865 g/mol. The summed E-state index contributed by atoms with van der Waals surface area (Å²) in [5.41, 5.74) is 11.8. The van der Waals surface area contributed by atoms with E-state index in [9.17, 15) is 0 Å². The third-order valence-corrected chi connectivity index (χ3v) is 13.7. The average Bonchev–Trinajstić information content (AvgIpc) is 3.91. The lowest BCUT2D eigenvalue weighted by atomic mass is 10.0. The Morgan fingerprint density at radius 3 is 1.53 bits per heavy atom. The SMILES string of the molecule is c1ccc(-c2ccc3c4cc5c6c7ccccc7ccc6n(-c6ccc7ccccc7c6)c5cc4n(-c4cc(-c5nc(-c6ccccc6)nc(-c6ccccc6)n5)cc5ccccc45)c3c2)cc1. The molecule has 0 aliphatic heterocycles. The van der Waals surface area contributed by atoms with E-state index >= 15 is 0 Å². The van der Waals surface area contributed by atoms with Crippen LogP contribution in [0.15, 0.2) is 237 Å². The summed E-state index contributed by atoms with van der Waals surface area (Å²) in [6.07, 6.45) is 0. The molecule has 0 spiro atoms. The summed E-state index contributed by atoms with van der Waals surface area (Å²) in [6.45, 7) is 0. The molecular formula is C63H39N5. The Labute approximate surface area is 391 Å². The van der Waals surface area contributed by atoms with Gasteiger partial charge in [0.05, 0.1) is 27.8 Å². The van der Waals surface area contributed by atoms with Crippen LogP contribution < -0.4 is 0 Å². The minimum Gasteiger partial charge on any atom is -0.309 e. The van der Waals surface area contributed by atoms with Gasteiger partial charge in [-0.15, -0.1) is 0 Å². The summed E-state index contributed by atoms with van der Waals surface area (Å²) < 4.78 is 4.95. The first-order valence-electron chi connectivity index (χ1n) is 23.1. The number of nitrogens with zero attached hydrogens (tertiary/aromatic N) is 5. The molecule has 11 aromatic carbocycles. The van der Waals surface area contributed by atoms with E-state index in [1.165, 1.54) is 54.2 Å². The molecule has 0 aliphatic rings. The fourth-order valence-corrected chi connectivity index (χ4v) is 10.5. The van der Waals surface area contributed by atoms with Gasteiger partial charge in [-0.3, -0.25) is 0 Å². The van der Waals surface area contributed by atoms with Gasteiger partial charge in [0, 0.05) is 49.3 Å². The molecule has 0 atom stereocenters. The maximum atomic E-state index is 5.23. The van der Waals surface area contributed by atoms with Crippen LogP contribution in [-0.2, 0) is 0 Å². The van der Waals surface area contributed by atoms with E-state index in [0.29, 0.717) is 17.5 Å². The smallest absolute Gasteiger partial charge is 0.164 e. The highest BCUT2D eigenvalue weighted by Gasteiger charge is 2.23. The van der Waals surface area contributed by atoms with Crippen LogP contribution in [0.25, 0.3) is 133 Å². The van der Waals surface area contributed by atoms with Crippen molar-refractivity contribution in [3.05, 3.63) is 237 Å². The molecule has 0 saturated carbocycles. The zero-order valence-electron chi connectivity index (χ0n) is 36.8. The van der Waals surface area contributed by atoms with Gasteiger partial charge in [0.1, 0.15) is 0 Å². The molecule has 14 aromatic rings. The maximum absolute atomic E-state index is 5.23. The van der Waals surface area contributed by atoms with Gasteiger partial charge in [0.25, 0.3) is 0 Å². The van der Waals surface area contributed by atoms with Crippen molar-refractivity contribution in [1.29, 1.82) is 0 Å². The fraction of sp³-hybridized carbons (Fsp3) is 0. The number of hydrogen-bond donors (Lipinski definition) is 0. The van der Waals surface area contributed by atoms with Crippen molar-refractivity contribution in [2.75, 3.05) is 0 Å². The zero-order valence-corrected chi connectivity index (χ0v) is 36.8. The van der Waals surface area contributed by atoms with Gasteiger partial charge in [0.2, 0.25) is 0 Å². The number of fused-ring (bicyclic) bond motifs is 10. The maximum Gasteiger partial charge on any atom is 0.164 e. The summed E-state index contributed by atoms with van der Waals surface area (Å²) in [7, 11) is 0. The molecule has 14 rings (SSSR count). The number of rotatable bonds is 6. The standard InChI is InChI=1S/C63H39N5/c1-4-16-40(17-5-1)46-29-32-52-53-38-54-59(67(49-31-28-41-18-10-11-24-45(41)35-49)55-33-30-42-19-12-15-27-51(42)60(54)55)39-58(53)68(57(52)36-46)56-37-48(34-47-25-13-14-26-50(47)56)63-65-61(43-20-6-2-7-21-43)64-62(66-63)44-22-8-3-9-23-44/h1-39H. The lowest BCUT2D eigenvalue weighted by molar-refractivity contribution is 1.07. The Morgan fingerprint density at radius 2 is 0.809 bits per heavy atom. The molecule has 0 bridgehead atoms. The van der Waals surface area contributed by atoms with Gasteiger partial charge >= 0.3 is 0 Å². The molecule has 0 aliphatic carbocycles. The molecule has 0 fully saturated rings. The van der Waals surface area contributed by atoms with Gasteiger partial charge in [-0.1, -0.05) is 188 Å². The second-order valence-corrected chi connectivity index (χ2v) is 17.6. The first-order chi connectivity index (χ1) is 33.7. The lowest BCUT2D eigenvalue weighted by Crippen LogP contribution is -2.02. The Hall–Kier alpha value is -9.19. The second-order valence-electron chi connectivity index (χ2n) is 17.6. The van der Waals surface area contributed by atoms with Crippen molar-refractivity contribution < 1.29 is 0 Å². The number of aromatic nitrogens is 5. The topological polar surface area (TPSA) is 48.5 Å². The molecule has 68 heavy (non-hydrogen) atoms. The van der Waals surface area contributed by atoms with Crippen molar-refractivity contribution in [2.24, 2.45) is 0 Å². The summed E-state index contributed by atoms with van der Waals surface area (Å²) in [4.78, 5) is 15.5. The molecule has 0 N–H and O–H groups in total. The Kier molecular flexibility index (Phi) is 8.52. The van der Waals surface area contributed by atoms with Gasteiger partial charge in [-0.25, -0.2) is 15.0 Å². The molecule has 3 heterocycles. The van der Waals surface area contributed by atoms with Crippen LogP contribution in [-0.4, -0.2) is 24.1 Å². The minimum atomic E-state index is 0.612. The van der Waals surface area contributed by atoms with Crippen molar-refractivity contribution in [3.8, 4) is 56.7 Å². The summed E-state index contributed by atoms with van der Waals surface area (Å²) >= 11 is 0. The molecule has 0 saturated heterocycles. The van der Waals surface area contributed by atoms with Crippen LogP contribution >= 0.6 is 0 Å². The highest BCUT2D eigenvalue weighted by Crippen LogP contribution is 2.44. The molecule has 0 amide bonds. The van der Waals surface area contributed by atoms with E-state index in [1.54, 1.807) is 0 Å². The first kappa shape index (κ1) is 38.1. The predicted molar refractivity (Wildman–Crippen MR) is 283 cm³/mol. The van der Waals surface area contributed by atoms with Crippen LogP contribution in [0.2, 0.25) is 0 Å². The third-order valence-electron chi connectivity index (χ3n) is 13.7. The molecule has 5 heteroatoms. The van der Waals surface area contributed by atoms with E-state index in [0.717, 1.165) is 61.0 Å². The molecular weight excluding hydrogens is 827 g/mol. The van der Waals surface area contributed by atoms with Crippen LogP contribution in [0.4, 0.5) is 0 Å². The van der Waals surface area contributed by atoms with E-state index in [4.69, 9.17) is 15.0 Å². The van der Waals surface area contributed by atoms with Crippen LogP contribution in [0.1, 0.15) is 0 Å². The third kappa shape index (κ3) is 6.06. The summed E-state index contributed by atoms with van der Waals surface area (Å²) in [5.74, 6) is 1.87. The molecule has 0 radical (unpaired) electrons. The normalized spacial score (nSPS) is 11.8. The van der Waals surface area contributed by atoms with Gasteiger partial charge < -0.3 is 9.13 Å². The molecule has 3 aromatic heterocycles. The Morgan fingerprint density at radius 1 is 0.250 bits per heavy atom. The second kappa shape index (κ2) is 15.2. The summed E-state index contributed by atoms with van der Waals surface area (Å²) in [6, 6.07) is 84.9. The largest absolute Gasteiger partial charge is 0.309 e. The number of hydrogen-bond acceptors (Lipinski definition) is 3. The predicted octanol–water partition coefficient (Wildman–Crippen LogP) is 16.2. The Bertz CT molecular complexity index is 4250. The lowest BCUT2D eigenvalue weighted by Gasteiger charge is -2.15. The Balaban J connectivity index is 1.11. The van der Waals surface area contributed by atoms with Crippen molar-refractivity contribution in [2.45, 2.75) is 0 Å². The average molecular weight is 866 g/mol. The molecule has 316 valence electrons. The van der Waals surface area contributed by atoms with E-state index < -0.39 is 0 Å². The quantitative estimate of drug-likeness (QED) is 0.167. The van der Waals surface area contributed by atoms with E-state index in [-0.39, 0.29) is 0 Å². The van der Waals surface area contributed by atoms with E-state index in [2.05, 4.69) is 209 Å². The van der Waals surface area contributed by atoms with Gasteiger partial charge in [-0.05, 0) is 86.6 Å². The van der Waals surface area contributed by atoms with Crippen molar-refractivity contribution in [3.63, 3.8) is 0 Å². The highest BCUT2D eigenvalue weighted by molar-refractivity contribution is 6.25. The van der Waals surface area contributed by atoms with Crippen LogP contribution in [0, 0.1) is 0 Å². The van der Waals surface area contributed by atoms with Gasteiger partial charge in [0.15, 0.2) is 17.5 Å². The highest BCUT2D eigenvalue weighted by atomic mass is 15.0. The van der Waals surface area contributed by atoms with Crippen molar-refractivity contribution >= 4 is 75.9 Å². The minimum absolute atomic E-state index is 0.612. The molecule has 5 nitrogen and oxygen atoms in total. The first-order valence-corrected chi connectivity index (χ1v) is 23.1. The van der Waals surface area contributed by atoms with Gasteiger partial charge in [-0.2, -0.15) is 0 Å². The van der Waals surface area contributed by atoms with Crippen molar-refractivity contribution in [1.82, 2.24) is 24.1 Å². The molecule has 0 unspecified atom stereocenters. The number of benzene rings is 11. The van der Waals surface area contributed by atoms with E-state index in [1.807, 2.05) is 36.4 Å².